The zero-order chi connectivity index (χ0) is 18.8. The molecule has 0 aliphatic carbocycles. The third kappa shape index (κ3) is 9.71. The third-order valence-corrected chi connectivity index (χ3v) is 5.16. The predicted octanol–water partition coefficient (Wildman–Crippen LogP) is 1.91. The van der Waals surface area contributed by atoms with Crippen LogP contribution in [0.5, 0.6) is 0 Å². The van der Waals surface area contributed by atoms with Gasteiger partial charge in [0, 0.05) is 71.0 Å². The maximum absolute atomic E-state index is 4.36. The molecule has 1 saturated heterocycles. The predicted molar refractivity (Wildman–Crippen MR) is 125 cm³/mol. The Morgan fingerprint density at radius 1 is 1.00 bits per heavy atom. The Kier molecular flexibility index (Phi) is 13.9. The van der Waals surface area contributed by atoms with Crippen molar-refractivity contribution in [3.8, 4) is 0 Å². The lowest BCUT2D eigenvalue weighted by Gasteiger charge is -2.36. The largest absolute Gasteiger partial charge is 0.356 e. The van der Waals surface area contributed by atoms with E-state index in [4.69, 9.17) is 0 Å². The second-order valence-corrected chi connectivity index (χ2v) is 7.85. The molecule has 1 unspecified atom stereocenters. The van der Waals surface area contributed by atoms with Gasteiger partial charge in [0.25, 0.3) is 0 Å². The van der Waals surface area contributed by atoms with E-state index in [2.05, 4.69) is 72.0 Å². The molecule has 0 spiro atoms. The van der Waals surface area contributed by atoms with E-state index < -0.39 is 0 Å². The van der Waals surface area contributed by atoms with Gasteiger partial charge in [-0.2, -0.15) is 0 Å². The molecule has 7 heteroatoms. The normalized spacial score (nSPS) is 18.3. The highest BCUT2D eigenvalue weighted by Crippen LogP contribution is 2.05. The molecule has 0 aromatic carbocycles. The van der Waals surface area contributed by atoms with Gasteiger partial charge >= 0.3 is 0 Å². The lowest BCUT2D eigenvalue weighted by atomic mass is 10.2. The van der Waals surface area contributed by atoms with Crippen LogP contribution in [0.2, 0.25) is 0 Å². The first-order valence-electron chi connectivity index (χ1n) is 9.98. The SMILES string of the molecule is CN=C(NCCCN(C(C)C)C(C)C)NCC(C)N1CCN(C)CC1.I. The Bertz CT molecular complexity index is 372. The summed E-state index contributed by atoms with van der Waals surface area (Å²) in [5.41, 5.74) is 0. The van der Waals surface area contributed by atoms with E-state index in [0.29, 0.717) is 18.1 Å². The van der Waals surface area contributed by atoms with E-state index in [1.54, 1.807) is 0 Å². The second kappa shape index (κ2) is 14.0. The van der Waals surface area contributed by atoms with Crippen LogP contribution in [0.4, 0.5) is 0 Å². The van der Waals surface area contributed by atoms with Crippen LogP contribution < -0.4 is 10.6 Å². The molecule has 0 amide bonds. The monoisotopic (exact) mass is 482 g/mol. The van der Waals surface area contributed by atoms with Crippen LogP contribution in [0.25, 0.3) is 0 Å². The van der Waals surface area contributed by atoms with Gasteiger partial charge in [-0.25, -0.2) is 0 Å². The summed E-state index contributed by atoms with van der Waals surface area (Å²) in [5.74, 6) is 0.918. The number of piperazine rings is 1. The number of nitrogens with zero attached hydrogens (tertiary/aromatic N) is 4. The Morgan fingerprint density at radius 3 is 2.08 bits per heavy atom. The number of rotatable bonds is 9. The molecular weight excluding hydrogens is 439 g/mol. The van der Waals surface area contributed by atoms with E-state index >= 15 is 0 Å². The van der Waals surface area contributed by atoms with Gasteiger partial charge in [-0.15, -0.1) is 24.0 Å². The molecule has 1 aliphatic rings. The van der Waals surface area contributed by atoms with Crippen molar-refractivity contribution in [1.82, 2.24) is 25.3 Å². The quantitative estimate of drug-likeness (QED) is 0.228. The second-order valence-electron chi connectivity index (χ2n) is 7.85. The first-order valence-corrected chi connectivity index (χ1v) is 9.98. The molecule has 1 heterocycles. The fourth-order valence-electron chi connectivity index (χ4n) is 3.44. The van der Waals surface area contributed by atoms with Crippen LogP contribution in [0.15, 0.2) is 4.99 Å². The van der Waals surface area contributed by atoms with E-state index in [-0.39, 0.29) is 24.0 Å². The first kappa shape index (κ1) is 25.9. The van der Waals surface area contributed by atoms with Gasteiger partial charge in [-0.1, -0.05) is 0 Å². The van der Waals surface area contributed by atoms with Crippen molar-refractivity contribution in [3.05, 3.63) is 0 Å². The Morgan fingerprint density at radius 2 is 1.58 bits per heavy atom. The number of hydrogen-bond donors (Lipinski definition) is 2. The first-order chi connectivity index (χ1) is 11.8. The standard InChI is InChI=1S/C19H42N6.HI/c1-16(2)25(17(3)4)10-8-9-21-19(20-6)22-15-18(5)24-13-11-23(7)12-14-24;/h16-18H,8-15H2,1-7H3,(H2,20,21,22);1H. The van der Waals surface area contributed by atoms with Gasteiger partial charge in [-0.3, -0.25) is 14.8 Å². The number of guanidine groups is 1. The van der Waals surface area contributed by atoms with Crippen molar-refractivity contribution in [1.29, 1.82) is 0 Å². The van der Waals surface area contributed by atoms with E-state index in [1.165, 1.54) is 13.1 Å². The highest BCUT2D eigenvalue weighted by Gasteiger charge is 2.19. The molecule has 26 heavy (non-hydrogen) atoms. The van der Waals surface area contributed by atoms with E-state index in [1.807, 2.05) is 7.05 Å². The average molecular weight is 482 g/mol. The Balaban J connectivity index is 0.00000625. The number of likely N-dealkylation sites (N-methyl/N-ethyl adjacent to an activating group) is 1. The summed E-state index contributed by atoms with van der Waals surface area (Å²) in [5, 5.41) is 6.93. The summed E-state index contributed by atoms with van der Waals surface area (Å²) in [4.78, 5) is 11.8. The maximum atomic E-state index is 4.36. The molecule has 1 aliphatic heterocycles. The highest BCUT2D eigenvalue weighted by molar-refractivity contribution is 14.0. The minimum atomic E-state index is 0. The van der Waals surface area contributed by atoms with Crippen LogP contribution >= 0.6 is 24.0 Å². The van der Waals surface area contributed by atoms with Crippen LogP contribution in [0, 0.1) is 0 Å². The zero-order valence-electron chi connectivity index (χ0n) is 18.1. The molecule has 1 atom stereocenters. The molecule has 6 nitrogen and oxygen atoms in total. The van der Waals surface area contributed by atoms with Crippen molar-refractivity contribution in [3.63, 3.8) is 0 Å². The van der Waals surface area contributed by atoms with Gasteiger partial charge in [0.1, 0.15) is 0 Å². The fraction of sp³-hybridized carbons (Fsp3) is 0.947. The van der Waals surface area contributed by atoms with Crippen molar-refractivity contribution >= 4 is 29.9 Å². The van der Waals surface area contributed by atoms with Crippen LogP contribution in [0.3, 0.4) is 0 Å². The lowest BCUT2D eigenvalue weighted by Crippen LogP contribution is -2.52. The van der Waals surface area contributed by atoms with Crippen molar-refractivity contribution in [2.75, 3.05) is 59.9 Å². The minimum Gasteiger partial charge on any atom is -0.356 e. The summed E-state index contributed by atoms with van der Waals surface area (Å²) in [6.07, 6.45) is 1.13. The van der Waals surface area contributed by atoms with Crippen LogP contribution in [-0.4, -0.2) is 98.7 Å². The Hall–Kier alpha value is -0.120. The van der Waals surface area contributed by atoms with E-state index in [0.717, 1.165) is 45.1 Å². The smallest absolute Gasteiger partial charge is 0.191 e. The van der Waals surface area contributed by atoms with Crippen molar-refractivity contribution in [2.24, 2.45) is 4.99 Å². The summed E-state index contributed by atoms with van der Waals surface area (Å²) in [6.45, 7) is 19.1. The van der Waals surface area contributed by atoms with E-state index in [9.17, 15) is 0 Å². The van der Waals surface area contributed by atoms with Crippen molar-refractivity contribution in [2.45, 2.75) is 59.2 Å². The summed E-state index contributed by atoms with van der Waals surface area (Å²) in [6, 6.07) is 1.73. The van der Waals surface area contributed by atoms with Crippen LogP contribution in [-0.2, 0) is 0 Å². The van der Waals surface area contributed by atoms with Crippen LogP contribution in [0.1, 0.15) is 41.0 Å². The van der Waals surface area contributed by atoms with Gasteiger partial charge in [0.15, 0.2) is 5.96 Å². The molecule has 0 saturated carbocycles. The van der Waals surface area contributed by atoms with Gasteiger partial charge in [0.2, 0.25) is 0 Å². The average Bonchev–Trinajstić information content (AvgIpc) is 2.57. The molecule has 1 rings (SSSR count). The van der Waals surface area contributed by atoms with Gasteiger partial charge in [-0.05, 0) is 48.1 Å². The molecule has 0 aromatic rings. The summed E-state index contributed by atoms with van der Waals surface area (Å²) in [7, 11) is 4.05. The minimum absolute atomic E-state index is 0. The molecule has 156 valence electrons. The topological polar surface area (TPSA) is 46.1 Å². The molecular formula is C19H43IN6. The number of nitrogens with one attached hydrogen (secondary N) is 2. The van der Waals surface area contributed by atoms with Gasteiger partial charge in [0.05, 0.1) is 0 Å². The molecule has 1 fully saturated rings. The Labute approximate surface area is 179 Å². The lowest BCUT2D eigenvalue weighted by molar-refractivity contribution is 0.120. The maximum Gasteiger partial charge on any atom is 0.191 e. The van der Waals surface area contributed by atoms with Gasteiger partial charge < -0.3 is 15.5 Å². The number of aliphatic imine (C=N–C) groups is 1. The molecule has 0 aromatic heterocycles. The highest BCUT2D eigenvalue weighted by atomic mass is 127. The van der Waals surface area contributed by atoms with Crippen molar-refractivity contribution < 1.29 is 0 Å². The third-order valence-electron chi connectivity index (χ3n) is 5.16. The number of halogens is 1. The molecule has 0 radical (unpaired) electrons. The number of hydrogen-bond acceptors (Lipinski definition) is 4. The summed E-state index contributed by atoms with van der Waals surface area (Å²) < 4.78 is 0. The summed E-state index contributed by atoms with van der Waals surface area (Å²) >= 11 is 0. The zero-order valence-corrected chi connectivity index (χ0v) is 20.4. The molecule has 2 N–H and O–H groups in total. The molecule has 0 bridgehead atoms. The fourth-order valence-corrected chi connectivity index (χ4v) is 3.44.